The number of aliphatic imine (C=N–C) groups is 1. The number of benzene rings is 1. The van der Waals surface area contributed by atoms with Crippen molar-refractivity contribution in [3.63, 3.8) is 0 Å². The van der Waals surface area contributed by atoms with Gasteiger partial charge in [0.25, 0.3) is 5.92 Å². The smallest absolute Gasteiger partial charge is 0.280 e. The number of hydrogen-bond donors (Lipinski definition) is 1. The summed E-state index contributed by atoms with van der Waals surface area (Å²) in [5.74, 6) is -2.75. The molecular weight excluding hydrogens is 516 g/mol. The molecule has 1 unspecified atom stereocenters. The summed E-state index contributed by atoms with van der Waals surface area (Å²) in [6.07, 6.45) is 2.19. The van der Waals surface area contributed by atoms with Gasteiger partial charge in [-0.1, -0.05) is 6.07 Å². The second kappa shape index (κ2) is 11.5. The summed E-state index contributed by atoms with van der Waals surface area (Å²) in [5.41, 5.74) is 3.89. The van der Waals surface area contributed by atoms with Crippen LogP contribution in [0, 0.1) is 0 Å². The summed E-state index contributed by atoms with van der Waals surface area (Å²) >= 11 is 0. The molecule has 1 N–H and O–H groups in total. The zero-order valence-electron chi connectivity index (χ0n) is 21.9. The van der Waals surface area contributed by atoms with Gasteiger partial charge in [-0.3, -0.25) is 9.89 Å². The fourth-order valence-electron chi connectivity index (χ4n) is 5.36. The summed E-state index contributed by atoms with van der Waals surface area (Å²) in [5, 5.41) is 7.28. The lowest BCUT2D eigenvalue weighted by Crippen LogP contribution is -2.55. The van der Waals surface area contributed by atoms with Gasteiger partial charge in [-0.15, -0.1) is 5.10 Å². The van der Waals surface area contributed by atoms with Gasteiger partial charge in [0.1, 0.15) is 5.52 Å². The molecule has 0 radical (unpaired) electrons. The zero-order valence-corrected chi connectivity index (χ0v) is 21.9. The molecule has 4 heterocycles. The first-order chi connectivity index (χ1) is 18.8. The number of anilines is 1. The van der Waals surface area contributed by atoms with Crippen LogP contribution in [0.15, 0.2) is 35.5 Å². The van der Waals surface area contributed by atoms with Gasteiger partial charge in [0.2, 0.25) is 18.3 Å². The van der Waals surface area contributed by atoms with E-state index in [1.807, 2.05) is 24.3 Å². The standard InChI is InChI=1S/C27H32F4N6O2/c1-38-14-13-36-11-9-22(27(30,31)16-36)33-26-34-25(39-2)24-19(8-12-37(24)35-26)18-3-5-21-20(15-18)17(7-10-32-21)4-6-23(28)29/h3,5,8,10,12,15,17,22-23H,4,6-7,9,11,13-14,16H2,1-2H3,(H,33,35)/t17?,22-/m1/s1. The lowest BCUT2D eigenvalue weighted by atomic mass is 9.87. The van der Waals surface area contributed by atoms with E-state index in [-0.39, 0.29) is 37.1 Å². The SMILES string of the molecule is COCCN1CC[C@@H](Nc2nc(OC)c3c(-c4ccc5c(c4)C(CCC(F)F)CC=N5)ccn3n2)C(F)(F)C1. The number of nitrogens with one attached hydrogen (secondary N) is 1. The average molecular weight is 549 g/mol. The number of piperidine rings is 1. The highest BCUT2D eigenvalue weighted by Gasteiger charge is 2.45. The summed E-state index contributed by atoms with van der Waals surface area (Å²) in [4.78, 5) is 10.5. The number of ether oxygens (including phenoxy) is 2. The van der Waals surface area contributed by atoms with Crippen LogP contribution in [0.25, 0.3) is 16.6 Å². The minimum Gasteiger partial charge on any atom is -0.479 e. The van der Waals surface area contributed by atoms with Crippen LogP contribution in [-0.4, -0.2) is 84.6 Å². The highest BCUT2D eigenvalue weighted by atomic mass is 19.3. The zero-order chi connectivity index (χ0) is 27.6. The molecule has 0 aliphatic carbocycles. The van der Waals surface area contributed by atoms with Crippen LogP contribution in [0.2, 0.25) is 0 Å². The number of fused-ring (bicyclic) bond motifs is 2. The first-order valence-electron chi connectivity index (χ1n) is 13.0. The van der Waals surface area contributed by atoms with Gasteiger partial charge in [-0.05, 0) is 54.5 Å². The van der Waals surface area contributed by atoms with Crippen LogP contribution >= 0.6 is 0 Å². The van der Waals surface area contributed by atoms with Crippen molar-refractivity contribution in [1.82, 2.24) is 19.5 Å². The van der Waals surface area contributed by atoms with Crippen LogP contribution < -0.4 is 10.1 Å². The minimum absolute atomic E-state index is 0.0446. The van der Waals surface area contributed by atoms with Crippen molar-refractivity contribution in [1.29, 1.82) is 0 Å². The Bertz CT molecular complexity index is 1330. The monoisotopic (exact) mass is 548 g/mol. The Morgan fingerprint density at radius 1 is 1.21 bits per heavy atom. The number of halogens is 4. The molecule has 12 heteroatoms. The molecule has 1 fully saturated rings. The Kier molecular flexibility index (Phi) is 8.03. The molecule has 0 spiro atoms. The topological polar surface area (TPSA) is 76.3 Å². The molecule has 8 nitrogen and oxygen atoms in total. The molecule has 0 saturated carbocycles. The van der Waals surface area contributed by atoms with Crippen LogP contribution in [-0.2, 0) is 4.74 Å². The van der Waals surface area contributed by atoms with E-state index >= 15 is 0 Å². The largest absolute Gasteiger partial charge is 0.479 e. The predicted molar refractivity (Wildman–Crippen MR) is 141 cm³/mol. The van der Waals surface area contributed by atoms with Crippen LogP contribution in [0.1, 0.15) is 37.2 Å². The van der Waals surface area contributed by atoms with Crippen molar-refractivity contribution >= 4 is 23.4 Å². The first kappa shape index (κ1) is 27.3. The highest BCUT2D eigenvalue weighted by molar-refractivity contribution is 5.86. The number of nitrogens with zero attached hydrogens (tertiary/aromatic N) is 5. The van der Waals surface area contributed by atoms with Gasteiger partial charge in [0, 0.05) is 44.6 Å². The summed E-state index contributed by atoms with van der Waals surface area (Å²) in [6, 6.07) is 6.48. The maximum Gasteiger partial charge on any atom is 0.280 e. The van der Waals surface area contributed by atoms with Crippen molar-refractivity contribution < 1.29 is 27.0 Å². The Morgan fingerprint density at radius 3 is 2.79 bits per heavy atom. The number of hydrogen-bond acceptors (Lipinski definition) is 7. The predicted octanol–water partition coefficient (Wildman–Crippen LogP) is 5.41. The van der Waals surface area contributed by atoms with Crippen molar-refractivity contribution in [2.24, 2.45) is 4.99 Å². The quantitative estimate of drug-likeness (QED) is 0.342. The second-order valence-electron chi connectivity index (χ2n) is 9.97. The lowest BCUT2D eigenvalue weighted by Gasteiger charge is -2.38. The van der Waals surface area contributed by atoms with Crippen LogP contribution in [0.4, 0.5) is 29.2 Å². The Morgan fingerprint density at radius 2 is 2.05 bits per heavy atom. The molecule has 2 aromatic heterocycles. The third-order valence-electron chi connectivity index (χ3n) is 7.40. The van der Waals surface area contributed by atoms with Gasteiger partial charge in [0.15, 0.2) is 0 Å². The molecule has 2 atom stereocenters. The normalized spacial score (nSPS) is 20.9. The number of likely N-dealkylation sites (tertiary alicyclic amines) is 1. The van der Waals surface area contributed by atoms with Crippen LogP contribution in [0.5, 0.6) is 5.88 Å². The van der Waals surface area contributed by atoms with E-state index in [4.69, 9.17) is 9.47 Å². The van der Waals surface area contributed by atoms with E-state index in [0.29, 0.717) is 38.1 Å². The fourth-order valence-corrected chi connectivity index (χ4v) is 5.36. The number of methoxy groups -OCH3 is 2. The van der Waals surface area contributed by atoms with Gasteiger partial charge >= 0.3 is 0 Å². The van der Waals surface area contributed by atoms with Gasteiger partial charge < -0.3 is 14.8 Å². The first-order valence-corrected chi connectivity index (χ1v) is 13.0. The molecule has 0 bridgehead atoms. The van der Waals surface area contributed by atoms with Crippen molar-refractivity contribution in [3.05, 3.63) is 36.0 Å². The van der Waals surface area contributed by atoms with E-state index in [1.165, 1.54) is 7.11 Å². The van der Waals surface area contributed by atoms with E-state index in [0.717, 1.165) is 22.4 Å². The van der Waals surface area contributed by atoms with Crippen molar-refractivity contribution in [3.8, 4) is 17.0 Å². The average Bonchev–Trinajstić information content (AvgIpc) is 3.35. The van der Waals surface area contributed by atoms with Crippen molar-refractivity contribution in [2.45, 2.75) is 50.0 Å². The number of alkyl halides is 4. The van der Waals surface area contributed by atoms with Gasteiger partial charge in [-0.2, -0.15) is 4.98 Å². The third kappa shape index (κ3) is 5.86. The fraction of sp³-hybridized carbons (Fsp3) is 0.519. The minimum atomic E-state index is -2.98. The van der Waals surface area contributed by atoms with Gasteiger partial charge in [0.05, 0.1) is 32.0 Å². The third-order valence-corrected chi connectivity index (χ3v) is 7.40. The molecule has 1 saturated heterocycles. The molecule has 5 rings (SSSR count). The molecule has 1 aromatic carbocycles. The number of aromatic nitrogens is 3. The molecule has 210 valence electrons. The van der Waals surface area contributed by atoms with Crippen molar-refractivity contribution in [2.75, 3.05) is 45.8 Å². The maximum atomic E-state index is 14.9. The Hall–Kier alpha value is -3.25. The molecule has 2 aliphatic rings. The Balaban J connectivity index is 1.41. The summed E-state index contributed by atoms with van der Waals surface area (Å²) in [6.45, 7) is 0.976. The number of rotatable bonds is 10. The van der Waals surface area contributed by atoms with E-state index in [2.05, 4.69) is 20.4 Å². The highest BCUT2D eigenvalue weighted by Crippen LogP contribution is 2.40. The van der Waals surface area contributed by atoms with Gasteiger partial charge in [-0.25, -0.2) is 22.1 Å². The van der Waals surface area contributed by atoms with E-state index in [1.54, 1.807) is 28.9 Å². The molecule has 0 amide bonds. The van der Waals surface area contributed by atoms with Crippen LogP contribution in [0.3, 0.4) is 0 Å². The second-order valence-corrected chi connectivity index (χ2v) is 9.97. The van der Waals surface area contributed by atoms with E-state index in [9.17, 15) is 17.6 Å². The summed E-state index contributed by atoms with van der Waals surface area (Å²) < 4.78 is 67.8. The molecule has 3 aromatic rings. The maximum absolute atomic E-state index is 14.9. The summed E-state index contributed by atoms with van der Waals surface area (Å²) in [7, 11) is 3.02. The molecular formula is C27H32F4N6O2. The Labute approximate surface area is 224 Å². The lowest BCUT2D eigenvalue weighted by molar-refractivity contribution is -0.0770. The molecule has 39 heavy (non-hydrogen) atoms. The molecule has 2 aliphatic heterocycles. The van der Waals surface area contributed by atoms with E-state index < -0.39 is 18.4 Å².